The summed E-state index contributed by atoms with van der Waals surface area (Å²) in [6, 6.07) is 19.0. The first-order valence-electron chi connectivity index (χ1n) is 9.91. The van der Waals surface area contributed by atoms with Gasteiger partial charge in [0, 0.05) is 29.4 Å². The number of carbonyl (C=O) groups excluding carboxylic acids is 1. The van der Waals surface area contributed by atoms with Crippen molar-refractivity contribution in [2.24, 2.45) is 0 Å². The minimum absolute atomic E-state index is 0.0731. The average molecular weight is 407 g/mol. The highest BCUT2D eigenvalue weighted by molar-refractivity contribution is 6.30. The van der Waals surface area contributed by atoms with Gasteiger partial charge in [0.2, 0.25) is 5.91 Å². The van der Waals surface area contributed by atoms with Crippen molar-refractivity contribution in [3.8, 4) is 11.3 Å². The molecule has 5 nitrogen and oxygen atoms in total. The van der Waals surface area contributed by atoms with E-state index in [1.807, 2.05) is 48.5 Å². The predicted molar refractivity (Wildman–Crippen MR) is 117 cm³/mol. The summed E-state index contributed by atoms with van der Waals surface area (Å²) in [6.45, 7) is 2.09. The number of anilines is 2. The van der Waals surface area contributed by atoms with Gasteiger partial charge in [-0.1, -0.05) is 35.9 Å². The lowest BCUT2D eigenvalue weighted by atomic mass is 10.1. The van der Waals surface area contributed by atoms with Crippen molar-refractivity contribution in [2.75, 3.05) is 23.3 Å². The van der Waals surface area contributed by atoms with Crippen LogP contribution in [0.15, 0.2) is 60.7 Å². The fraction of sp³-hybridized carbons (Fsp3) is 0.261. The maximum absolute atomic E-state index is 12.4. The molecule has 1 aliphatic heterocycles. The molecule has 1 amide bonds. The lowest BCUT2D eigenvalue weighted by Gasteiger charge is -2.27. The molecule has 0 atom stereocenters. The van der Waals surface area contributed by atoms with Crippen LogP contribution >= 0.6 is 11.6 Å². The zero-order valence-corrected chi connectivity index (χ0v) is 16.9. The number of nitrogens with one attached hydrogen (secondary N) is 1. The molecule has 1 N–H and O–H groups in total. The van der Waals surface area contributed by atoms with E-state index in [-0.39, 0.29) is 5.91 Å². The van der Waals surface area contributed by atoms with E-state index in [0.717, 1.165) is 41.4 Å². The van der Waals surface area contributed by atoms with Crippen molar-refractivity contribution < 1.29 is 4.79 Å². The number of hydrogen-bond donors (Lipinski definition) is 1. The number of nitrogens with zero attached hydrogens (tertiary/aromatic N) is 3. The van der Waals surface area contributed by atoms with E-state index < -0.39 is 0 Å². The number of halogens is 1. The number of rotatable bonds is 5. The number of amides is 1. The SMILES string of the molecule is O=C(Cc1ccc(Cl)cc1)Nc1cccc(-c2ccc(N3CCCCC3)nn2)c1. The first kappa shape index (κ1) is 19.4. The molecule has 2 aromatic carbocycles. The quantitative estimate of drug-likeness (QED) is 0.650. The van der Waals surface area contributed by atoms with E-state index in [2.05, 4.69) is 20.4 Å². The second kappa shape index (κ2) is 9.05. The molecule has 148 valence electrons. The van der Waals surface area contributed by atoms with Gasteiger partial charge in [0.05, 0.1) is 12.1 Å². The third-order valence-electron chi connectivity index (χ3n) is 5.05. The zero-order chi connectivity index (χ0) is 20.1. The van der Waals surface area contributed by atoms with Crippen LogP contribution in [-0.2, 0) is 11.2 Å². The molecule has 1 fully saturated rings. The predicted octanol–water partition coefficient (Wildman–Crippen LogP) is 4.97. The molecule has 2 heterocycles. The van der Waals surface area contributed by atoms with Crippen LogP contribution in [0.3, 0.4) is 0 Å². The van der Waals surface area contributed by atoms with Crippen molar-refractivity contribution >= 4 is 29.0 Å². The number of hydrogen-bond acceptors (Lipinski definition) is 4. The Labute approximate surface area is 175 Å². The molecule has 0 radical (unpaired) electrons. The minimum Gasteiger partial charge on any atom is -0.355 e. The Morgan fingerprint density at radius 1 is 0.966 bits per heavy atom. The third kappa shape index (κ3) is 5.12. The van der Waals surface area contributed by atoms with E-state index in [1.54, 1.807) is 12.1 Å². The first-order chi connectivity index (χ1) is 14.2. The monoisotopic (exact) mass is 406 g/mol. The molecule has 1 aliphatic rings. The Hall–Kier alpha value is -2.92. The maximum atomic E-state index is 12.4. The van der Waals surface area contributed by atoms with Gasteiger partial charge in [0.15, 0.2) is 5.82 Å². The summed E-state index contributed by atoms with van der Waals surface area (Å²) in [5.74, 6) is 0.858. The van der Waals surface area contributed by atoms with Crippen molar-refractivity contribution in [3.05, 3.63) is 71.2 Å². The van der Waals surface area contributed by atoms with Crippen LogP contribution in [-0.4, -0.2) is 29.2 Å². The molecular weight excluding hydrogens is 384 g/mol. The summed E-state index contributed by atoms with van der Waals surface area (Å²) >= 11 is 5.89. The Morgan fingerprint density at radius 3 is 2.48 bits per heavy atom. The third-order valence-corrected chi connectivity index (χ3v) is 5.30. The molecule has 0 saturated carbocycles. The molecule has 0 aliphatic carbocycles. The summed E-state index contributed by atoms with van der Waals surface area (Å²) in [5.41, 5.74) is 3.37. The summed E-state index contributed by atoms with van der Waals surface area (Å²) in [6.07, 6.45) is 4.01. The first-order valence-corrected chi connectivity index (χ1v) is 10.3. The normalized spacial score (nSPS) is 13.9. The van der Waals surface area contributed by atoms with Gasteiger partial charge >= 0.3 is 0 Å². The Bertz CT molecular complexity index is 967. The van der Waals surface area contributed by atoms with Crippen molar-refractivity contribution in [1.82, 2.24) is 10.2 Å². The Kier molecular flexibility index (Phi) is 6.06. The molecule has 0 unspecified atom stereocenters. The molecule has 0 spiro atoms. The number of benzene rings is 2. The second-order valence-corrected chi connectivity index (χ2v) is 7.69. The summed E-state index contributed by atoms with van der Waals surface area (Å²) in [4.78, 5) is 14.6. The van der Waals surface area contributed by atoms with Gasteiger partial charge in [-0.05, 0) is 61.2 Å². The van der Waals surface area contributed by atoms with Gasteiger partial charge in [0.25, 0.3) is 0 Å². The van der Waals surface area contributed by atoms with Crippen molar-refractivity contribution in [2.45, 2.75) is 25.7 Å². The largest absolute Gasteiger partial charge is 0.355 e. The highest BCUT2D eigenvalue weighted by Crippen LogP contribution is 2.23. The van der Waals surface area contributed by atoms with Gasteiger partial charge in [-0.3, -0.25) is 4.79 Å². The standard InChI is InChI=1S/C23H23ClN4O/c24-19-9-7-17(8-10-19)15-23(29)25-20-6-4-5-18(16-20)21-11-12-22(27-26-21)28-13-2-1-3-14-28/h4-12,16H,1-3,13-15H2,(H,25,29). The van der Waals surface area contributed by atoms with Gasteiger partial charge in [-0.2, -0.15) is 0 Å². The number of piperidine rings is 1. The van der Waals surface area contributed by atoms with Gasteiger partial charge in [0.1, 0.15) is 0 Å². The molecule has 1 aromatic heterocycles. The zero-order valence-electron chi connectivity index (χ0n) is 16.1. The van der Waals surface area contributed by atoms with Crippen LogP contribution in [0.5, 0.6) is 0 Å². The molecular formula is C23H23ClN4O. The lowest BCUT2D eigenvalue weighted by Crippen LogP contribution is -2.30. The van der Waals surface area contributed by atoms with Crippen LogP contribution in [0.25, 0.3) is 11.3 Å². The highest BCUT2D eigenvalue weighted by Gasteiger charge is 2.13. The van der Waals surface area contributed by atoms with Crippen LogP contribution in [0.2, 0.25) is 5.02 Å². The maximum Gasteiger partial charge on any atom is 0.228 e. The molecule has 29 heavy (non-hydrogen) atoms. The van der Waals surface area contributed by atoms with Gasteiger partial charge in [-0.25, -0.2) is 0 Å². The van der Waals surface area contributed by atoms with Gasteiger partial charge < -0.3 is 10.2 Å². The Balaban J connectivity index is 1.42. The lowest BCUT2D eigenvalue weighted by molar-refractivity contribution is -0.115. The summed E-state index contributed by atoms with van der Waals surface area (Å²) in [7, 11) is 0. The fourth-order valence-corrected chi connectivity index (χ4v) is 3.65. The number of aromatic nitrogens is 2. The Morgan fingerprint density at radius 2 is 1.76 bits per heavy atom. The summed E-state index contributed by atoms with van der Waals surface area (Å²) in [5, 5.41) is 12.4. The van der Waals surface area contributed by atoms with Crippen LogP contribution in [0, 0.1) is 0 Å². The van der Waals surface area contributed by atoms with Crippen molar-refractivity contribution in [3.63, 3.8) is 0 Å². The second-order valence-electron chi connectivity index (χ2n) is 7.26. The molecule has 6 heteroatoms. The molecule has 3 aromatic rings. The van der Waals surface area contributed by atoms with Crippen LogP contribution in [0.1, 0.15) is 24.8 Å². The van der Waals surface area contributed by atoms with E-state index in [4.69, 9.17) is 11.6 Å². The van der Waals surface area contributed by atoms with E-state index in [1.165, 1.54) is 19.3 Å². The topological polar surface area (TPSA) is 58.1 Å². The smallest absolute Gasteiger partial charge is 0.228 e. The van der Waals surface area contributed by atoms with Crippen LogP contribution in [0.4, 0.5) is 11.5 Å². The van der Waals surface area contributed by atoms with Gasteiger partial charge in [-0.15, -0.1) is 10.2 Å². The molecule has 1 saturated heterocycles. The average Bonchev–Trinajstić information content (AvgIpc) is 2.76. The minimum atomic E-state index is -0.0731. The van der Waals surface area contributed by atoms with E-state index >= 15 is 0 Å². The molecule has 0 bridgehead atoms. The van der Waals surface area contributed by atoms with E-state index in [9.17, 15) is 4.79 Å². The molecule has 4 rings (SSSR count). The summed E-state index contributed by atoms with van der Waals surface area (Å²) < 4.78 is 0. The van der Waals surface area contributed by atoms with Crippen molar-refractivity contribution in [1.29, 1.82) is 0 Å². The highest BCUT2D eigenvalue weighted by atomic mass is 35.5. The van der Waals surface area contributed by atoms with Crippen LogP contribution < -0.4 is 10.2 Å². The van der Waals surface area contributed by atoms with E-state index in [0.29, 0.717) is 11.4 Å². The number of carbonyl (C=O) groups is 1. The fourth-order valence-electron chi connectivity index (χ4n) is 3.52.